The number of nitrogens with one attached hydrogen (secondary N) is 1. The minimum Gasteiger partial charge on any atom is -0.478 e. The third-order valence-electron chi connectivity index (χ3n) is 3.25. The van der Waals surface area contributed by atoms with Crippen LogP contribution in [0.25, 0.3) is 0 Å². The van der Waals surface area contributed by atoms with E-state index in [2.05, 4.69) is 5.32 Å². The van der Waals surface area contributed by atoms with Crippen molar-refractivity contribution >= 4 is 17.3 Å². The van der Waals surface area contributed by atoms with Gasteiger partial charge in [0, 0.05) is 19.2 Å². The fourth-order valence-corrected chi connectivity index (χ4v) is 2.24. The first kappa shape index (κ1) is 14.3. The van der Waals surface area contributed by atoms with Crippen molar-refractivity contribution in [1.82, 2.24) is 0 Å². The van der Waals surface area contributed by atoms with Crippen molar-refractivity contribution in [3.8, 4) is 0 Å². The van der Waals surface area contributed by atoms with Crippen LogP contribution in [-0.2, 0) is 4.74 Å². The first-order chi connectivity index (χ1) is 9.59. The van der Waals surface area contributed by atoms with Crippen LogP contribution in [0.4, 0.5) is 11.4 Å². The largest absolute Gasteiger partial charge is 0.478 e. The lowest BCUT2D eigenvalue weighted by Gasteiger charge is -2.23. The third kappa shape index (κ3) is 3.24. The van der Waals surface area contributed by atoms with E-state index in [1.54, 1.807) is 0 Å². The van der Waals surface area contributed by atoms with Crippen LogP contribution in [0.5, 0.6) is 0 Å². The van der Waals surface area contributed by atoms with E-state index >= 15 is 0 Å². The molecule has 0 amide bonds. The number of carbonyl (C=O) groups is 1. The summed E-state index contributed by atoms with van der Waals surface area (Å²) < 4.78 is 5.52. The van der Waals surface area contributed by atoms with E-state index in [4.69, 9.17) is 9.84 Å². The highest BCUT2D eigenvalue weighted by atomic mass is 16.6. The predicted molar refractivity (Wildman–Crippen MR) is 72.1 cm³/mol. The molecule has 1 heterocycles. The van der Waals surface area contributed by atoms with Crippen LogP contribution < -0.4 is 5.32 Å². The molecule has 1 aromatic rings. The smallest absolute Gasteiger partial charge is 0.338 e. The first-order valence-corrected chi connectivity index (χ1v) is 6.45. The van der Waals surface area contributed by atoms with Crippen LogP contribution in [0.2, 0.25) is 0 Å². The lowest BCUT2D eigenvalue weighted by Crippen LogP contribution is -2.27. The van der Waals surface area contributed by atoms with Crippen LogP contribution in [0.3, 0.4) is 0 Å². The molecule has 7 nitrogen and oxygen atoms in total. The summed E-state index contributed by atoms with van der Waals surface area (Å²) >= 11 is 0. The molecule has 1 aromatic carbocycles. The van der Waals surface area contributed by atoms with Crippen LogP contribution in [0.1, 0.15) is 29.6 Å². The zero-order valence-corrected chi connectivity index (χ0v) is 10.9. The molecule has 2 rings (SSSR count). The summed E-state index contributed by atoms with van der Waals surface area (Å²) in [7, 11) is 0. The Morgan fingerprint density at radius 2 is 2.30 bits per heavy atom. The molecule has 0 aliphatic carbocycles. The summed E-state index contributed by atoms with van der Waals surface area (Å²) in [6.45, 7) is 1.04. The molecule has 1 unspecified atom stereocenters. The minimum absolute atomic E-state index is 0.0368. The van der Waals surface area contributed by atoms with Gasteiger partial charge in [0.25, 0.3) is 5.69 Å². The Morgan fingerprint density at radius 1 is 1.50 bits per heavy atom. The summed E-state index contributed by atoms with van der Waals surface area (Å²) in [4.78, 5) is 21.6. The fourth-order valence-electron chi connectivity index (χ4n) is 2.24. The predicted octanol–water partition coefficient (Wildman–Crippen LogP) is 2.27. The van der Waals surface area contributed by atoms with Gasteiger partial charge in [-0.3, -0.25) is 10.1 Å². The van der Waals surface area contributed by atoms with E-state index in [0.717, 1.165) is 19.3 Å². The fraction of sp³-hybridized carbons (Fsp3) is 0.462. The number of nitro benzene ring substituents is 1. The molecule has 0 aromatic heterocycles. The summed E-state index contributed by atoms with van der Waals surface area (Å²) in [5.74, 6) is -1.19. The molecule has 0 saturated carbocycles. The third-order valence-corrected chi connectivity index (χ3v) is 3.25. The van der Waals surface area contributed by atoms with Gasteiger partial charge in [0.05, 0.1) is 16.6 Å². The molecular weight excluding hydrogens is 264 g/mol. The van der Waals surface area contributed by atoms with Crippen molar-refractivity contribution in [2.24, 2.45) is 0 Å². The Hall–Kier alpha value is -2.15. The second-order valence-electron chi connectivity index (χ2n) is 4.63. The second-order valence-corrected chi connectivity index (χ2v) is 4.63. The molecular formula is C13H16N2O5. The molecule has 0 radical (unpaired) electrons. The van der Waals surface area contributed by atoms with Crippen LogP contribution in [0, 0.1) is 10.1 Å². The number of carboxylic acids is 1. The zero-order valence-electron chi connectivity index (χ0n) is 10.9. The number of hydrogen-bond donors (Lipinski definition) is 2. The van der Waals surface area contributed by atoms with Gasteiger partial charge in [-0.15, -0.1) is 0 Å². The maximum absolute atomic E-state index is 11.2. The van der Waals surface area contributed by atoms with Crippen molar-refractivity contribution in [2.45, 2.75) is 25.4 Å². The molecule has 20 heavy (non-hydrogen) atoms. The number of anilines is 1. The maximum atomic E-state index is 11.2. The van der Waals surface area contributed by atoms with E-state index in [-0.39, 0.29) is 23.0 Å². The number of benzene rings is 1. The number of carboxylic acid groups (broad SMARTS) is 1. The minimum atomic E-state index is -1.19. The number of nitro groups is 1. The molecule has 1 fully saturated rings. The van der Waals surface area contributed by atoms with Gasteiger partial charge in [-0.25, -0.2) is 4.79 Å². The highest BCUT2D eigenvalue weighted by Gasteiger charge is 2.22. The van der Waals surface area contributed by atoms with Gasteiger partial charge < -0.3 is 15.2 Å². The van der Waals surface area contributed by atoms with Crippen molar-refractivity contribution in [3.05, 3.63) is 33.9 Å². The van der Waals surface area contributed by atoms with Gasteiger partial charge >= 0.3 is 5.97 Å². The number of nitrogens with zero attached hydrogens (tertiary/aromatic N) is 1. The number of para-hydroxylation sites is 1. The Bertz CT molecular complexity index is 479. The van der Waals surface area contributed by atoms with E-state index < -0.39 is 10.9 Å². The highest BCUT2D eigenvalue weighted by molar-refractivity contribution is 5.96. The van der Waals surface area contributed by atoms with Gasteiger partial charge in [-0.2, -0.15) is 0 Å². The van der Waals surface area contributed by atoms with E-state index in [0.29, 0.717) is 13.2 Å². The maximum Gasteiger partial charge on any atom is 0.338 e. The Balaban J connectivity index is 2.19. The van der Waals surface area contributed by atoms with E-state index in [1.807, 2.05) is 0 Å². The first-order valence-electron chi connectivity index (χ1n) is 6.45. The van der Waals surface area contributed by atoms with Crippen LogP contribution in [-0.4, -0.2) is 35.3 Å². The van der Waals surface area contributed by atoms with Gasteiger partial charge in [0.2, 0.25) is 0 Å². The molecule has 2 N–H and O–H groups in total. The Morgan fingerprint density at radius 3 is 2.90 bits per heavy atom. The summed E-state index contributed by atoms with van der Waals surface area (Å²) in [5, 5.41) is 23.0. The standard InChI is InChI=1S/C13H16N2O5/c16-13(17)10-5-3-6-11(15(18)19)12(10)14-8-9-4-1-2-7-20-9/h3,5-6,9,14H,1-2,4,7-8H2,(H,16,17). The van der Waals surface area contributed by atoms with Crippen molar-refractivity contribution in [1.29, 1.82) is 0 Å². The topological polar surface area (TPSA) is 102 Å². The quantitative estimate of drug-likeness (QED) is 0.633. The molecule has 1 atom stereocenters. The lowest BCUT2D eigenvalue weighted by atomic mass is 10.1. The highest BCUT2D eigenvalue weighted by Crippen LogP contribution is 2.28. The monoisotopic (exact) mass is 280 g/mol. The van der Waals surface area contributed by atoms with Gasteiger partial charge in [-0.05, 0) is 25.3 Å². The molecule has 0 spiro atoms. The average Bonchev–Trinajstić information content (AvgIpc) is 2.45. The molecule has 0 bridgehead atoms. The number of aromatic carboxylic acids is 1. The number of rotatable bonds is 5. The number of ether oxygens (including phenoxy) is 1. The molecule has 1 aliphatic heterocycles. The van der Waals surface area contributed by atoms with E-state index in [9.17, 15) is 14.9 Å². The molecule has 108 valence electrons. The van der Waals surface area contributed by atoms with Crippen molar-refractivity contribution in [2.75, 3.05) is 18.5 Å². The zero-order chi connectivity index (χ0) is 14.5. The van der Waals surface area contributed by atoms with Gasteiger partial charge in [0.1, 0.15) is 5.69 Å². The molecule has 1 aliphatic rings. The van der Waals surface area contributed by atoms with Crippen molar-refractivity contribution in [3.63, 3.8) is 0 Å². The average molecular weight is 280 g/mol. The Labute approximate surface area is 115 Å². The summed E-state index contributed by atoms with van der Waals surface area (Å²) in [6, 6.07) is 4.00. The SMILES string of the molecule is O=C(O)c1cccc([N+](=O)[O-])c1NCC1CCCCO1. The van der Waals surface area contributed by atoms with Gasteiger partial charge in [0.15, 0.2) is 0 Å². The van der Waals surface area contributed by atoms with Crippen LogP contribution in [0.15, 0.2) is 18.2 Å². The van der Waals surface area contributed by atoms with E-state index in [1.165, 1.54) is 18.2 Å². The normalized spacial score (nSPS) is 18.5. The van der Waals surface area contributed by atoms with Crippen LogP contribution >= 0.6 is 0 Å². The number of hydrogen-bond acceptors (Lipinski definition) is 5. The summed E-state index contributed by atoms with van der Waals surface area (Å²) in [6.07, 6.45) is 2.90. The van der Waals surface area contributed by atoms with Gasteiger partial charge in [-0.1, -0.05) is 6.07 Å². The Kier molecular flexibility index (Phi) is 4.52. The lowest BCUT2D eigenvalue weighted by molar-refractivity contribution is -0.384. The molecule has 7 heteroatoms. The van der Waals surface area contributed by atoms with Crippen molar-refractivity contribution < 1.29 is 19.6 Å². The molecule has 1 saturated heterocycles. The second kappa shape index (κ2) is 6.33. The summed E-state index contributed by atoms with van der Waals surface area (Å²) in [5.41, 5.74) is -0.296.